The van der Waals surface area contributed by atoms with Gasteiger partial charge in [0.05, 0.1) is 5.52 Å². The molecule has 0 unspecified atom stereocenters. The third-order valence-electron chi connectivity index (χ3n) is 4.90. The number of benzene rings is 3. The predicted molar refractivity (Wildman–Crippen MR) is 121 cm³/mol. The summed E-state index contributed by atoms with van der Waals surface area (Å²) in [5.74, 6) is -1.02. The van der Waals surface area contributed by atoms with Gasteiger partial charge in [-0.25, -0.2) is 9.78 Å². The van der Waals surface area contributed by atoms with Crippen molar-refractivity contribution in [3.8, 4) is 21.6 Å². The topological polar surface area (TPSA) is 50.2 Å². The van der Waals surface area contributed by atoms with Gasteiger partial charge in [0.15, 0.2) is 0 Å². The van der Waals surface area contributed by atoms with Crippen LogP contribution in [-0.4, -0.2) is 34.9 Å². The molecule has 0 saturated carbocycles. The van der Waals surface area contributed by atoms with Crippen molar-refractivity contribution in [3.05, 3.63) is 89.9 Å². The SMILES string of the molecule is O=C(O)c1ccc2cc(-c3cccs3)cc(-c3cccc4ccccc34)c2n1.[Li]. The van der Waals surface area contributed by atoms with E-state index in [1.54, 1.807) is 17.4 Å². The number of nitrogens with zero attached hydrogens (tertiary/aromatic N) is 1. The molecule has 0 aliphatic carbocycles. The number of aromatic carboxylic acids is 1. The van der Waals surface area contributed by atoms with E-state index >= 15 is 0 Å². The molecule has 0 amide bonds. The number of rotatable bonds is 3. The zero-order valence-electron chi connectivity index (χ0n) is 15.8. The number of fused-ring (bicyclic) bond motifs is 2. The fourth-order valence-corrected chi connectivity index (χ4v) is 4.32. The van der Waals surface area contributed by atoms with Crippen LogP contribution in [0, 0.1) is 0 Å². The summed E-state index contributed by atoms with van der Waals surface area (Å²) in [7, 11) is 0. The minimum Gasteiger partial charge on any atom is -0.477 e. The van der Waals surface area contributed by atoms with Crippen LogP contribution in [0.5, 0.6) is 0 Å². The van der Waals surface area contributed by atoms with Gasteiger partial charge >= 0.3 is 5.97 Å². The Morgan fingerprint density at radius 1 is 0.828 bits per heavy atom. The van der Waals surface area contributed by atoms with Gasteiger partial charge in [0.2, 0.25) is 0 Å². The van der Waals surface area contributed by atoms with Crippen molar-refractivity contribution < 1.29 is 9.90 Å². The number of thiophene rings is 1. The van der Waals surface area contributed by atoms with Crippen LogP contribution >= 0.6 is 11.3 Å². The Labute approximate surface area is 183 Å². The molecule has 1 radical (unpaired) electrons. The number of hydrogen-bond donors (Lipinski definition) is 1. The van der Waals surface area contributed by atoms with Gasteiger partial charge in [-0.15, -0.1) is 11.3 Å². The molecular formula is C24H15LiNO2S. The maximum atomic E-state index is 11.5. The zero-order chi connectivity index (χ0) is 19.1. The minimum atomic E-state index is -1.02. The zero-order valence-corrected chi connectivity index (χ0v) is 16.6. The summed E-state index contributed by atoms with van der Waals surface area (Å²) >= 11 is 1.69. The molecule has 29 heavy (non-hydrogen) atoms. The Kier molecular flexibility index (Phi) is 5.25. The van der Waals surface area contributed by atoms with Gasteiger partial charge in [0.1, 0.15) is 5.69 Å². The quantitative estimate of drug-likeness (QED) is 0.380. The van der Waals surface area contributed by atoms with Gasteiger partial charge in [-0.3, -0.25) is 0 Å². The number of carbonyl (C=O) groups is 1. The number of carboxylic acid groups (broad SMARTS) is 1. The van der Waals surface area contributed by atoms with E-state index in [4.69, 9.17) is 0 Å². The van der Waals surface area contributed by atoms with Crippen LogP contribution in [0.3, 0.4) is 0 Å². The van der Waals surface area contributed by atoms with Crippen LogP contribution in [0.15, 0.2) is 84.2 Å². The van der Waals surface area contributed by atoms with Crippen LogP contribution < -0.4 is 0 Å². The standard InChI is InChI=1S/C24H15NO2S.Li/c26-24(27)21-11-10-16-13-17(22-9-4-12-28-22)14-20(23(16)25-21)19-8-3-6-15-5-1-2-7-18(15)19;/h1-14H,(H,26,27);. The number of carboxylic acids is 1. The molecule has 135 valence electrons. The van der Waals surface area contributed by atoms with E-state index in [0.717, 1.165) is 32.8 Å². The number of hydrogen-bond acceptors (Lipinski definition) is 3. The maximum absolute atomic E-state index is 11.5. The van der Waals surface area contributed by atoms with Gasteiger partial charge in [-0.2, -0.15) is 0 Å². The predicted octanol–water partition coefficient (Wildman–Crippen LogP) is 6.10. The number of aromatic nitrogens is 1. The minimum absolute atomic E-state index is 0. The monoisotopic (exact) mass is 388 g/mol. The largest absolute Gasteiger partial charge is 0.477 e. The molecule has 0 atom stereocenters. The molecule has 5 rings (SSSR count). The molecule has 0 bridgehead atoms. The maximum Gasteiger partial charge on any atom is 0.354 e. The van der Waals surface area contributed by atoms with E-state index < -0.39 is 5.97 Å². The summed E-state index contributed by atoms with van der Waals surface area (Å²) in [6.07, 6.45) is 0. The normalized spacial score (nSPS) is 10.8. The summed E-state index contributed by atoms with van der Waals surface area (Å²) in [4.78, 5) is 17.2. The summed E-state index contributed by atoms with van der Waals surface area (Å²) in [6.45, 7) is 0. The third-order valence-corrected chi connectivity index (χ3v) is 5.82. The van der Waals surface area contributed by atoms with E-state index in [9.17, 15) is 9.90 Å². The fourth-order valence-electron chi connectivity index (χ4n) is 3.60. The summed E-state index contributed by atoms with van der Waals surface area (Å²) in [5, 5.41) is 14.7. The summed E-state index contributed by atoms with van der Waals surface area (Å²) < 4.78 is 0. The average molecular weight is 388 g/mol. The molecule has 2 heterocycles. The van der Waals surface area contributed by atoms with Crippen molar-refractivity contribution in [2.45, 2.75) is 0 Å². The van der Waals surface area contributed by atoms with Crippen molar-refractivity contribution in [1.82, 2.24) is 4.98 Å². The molecule has 5 heteroatoms. The van der Waals surface area contributed by atoms with Crippen LogP contribution in [0.2, 0.25) is 0 Å². The second kappa shape index (κ2) is 7.85. The fraction of sp³-hybridized carbons (Fsp3) is 0. The molecule has 5 aromatic rings. The van der Waals surface area contributed by atoms with E-state index in [1.807, 2.05) is 30.3 Å². The van der Waals surface area contributed by atoms with E-state index in [2.05, 4.69) is 52.8 Å². The first-order chi connectivity index (χ1) is 13.7. The van der Waals surface area contributed by atoms with Gasteiger partial charge in [0.25, 0.3) is 0 Å². The van der Waals surface area contributed by atoms with Gasteiger partial charge < -0.3 is 5.11 Å². The molecule has 2 aromatic heterocycles. The van der Waals surface area contributed by atoms with Gasteiger partial charge in [-0.05, 0) is 51.5 Å². The van der Waals surface area contributed by atoms with E-state index in [1.165, 1.54) is 4.88 Å². The Morgan fingerprint density at radius 3 is 2.45 bits per heavy atom. The third kappa shape index (κ3) is 3.47. The average Bonchev–Trinajstić information content (AvgIpc) is 3.27. The van der Waals surface area contributed by atoms with E-state index in [0.29, 0.717) is 5.52 Å². The molecule has 3 nitrogen and oxygen atoms in total. The summed E-state index contributed by atoms with van der Waals surface area (Å²) in [5.41, 5.74) is 3.86. The van der Waals surface area contributed by atoms with Crippen molar-refractivity contribution in [1.29, 1.82) is 0 Å². The van der Waals surface area contributed by atoms with Crippen LogP contribution in [0.1, 0.15) is 10.5 Å². The molecule has 0 fully saturated rings. The van der Waals surface area contributed by atoms with Crippen molar-refractivity contribution in [3.63, 3.8) is 0 Å². The summed E-state index contributed by atoms with van der Waals surface area (Å²) in [6, 6.07) is 26.1. The molecule has 0 spiro atoms. The van der Waals surface area contributed by atoms with Crippen LogP contribution in [0.25, 0.3) is 43.2 Å². The van der Waals surface area contributed by atoms with Crippen LogP contribution in [-0.2, 0) is 0 Å². The molecule has 1 N–H and O–H groups in total. The molecule has 0 aliphatic heterocycles. The second-order valence-corrected chi connectivity index (χ2v) is 7.55. The Bertz CT molecular complexity index is 1340. The van der Waals surface area contributed by atoms with E-state index in [-0.39, 0.29) is 24.6 Å². The van der Waals surface area contributed by atoms with Crippen molar-refractivity contribution in [2.24, 2.45) is 0 Å². The van der Waals surface area contributed by atoms with Crippen molar-refractivity contribution in [2.75, 3.05) is 0 Å². The van der Waals surface area contributed by atoms with Crippen LogP contribution in [0.4, 0.5) is 0 Å². The molecule has 3 aromatic carbocycles. The smallest absolute Gasteiger partial charge is 0.354 e. The van der Waals surface area contributed by atoms with Crippen molar-refractivity contribution >= 4 is 57.8 Å². The first kappa shape index (κ1) is 19.4. The first-order valence-electron chi connectivity index (χ1n) is 8.91. The first-order valence-corrected chi connectivity index (χ1v) is 9.79. The Balaban J connectivity index is 0.00000205. The Morgan fingerprint density at radius 2 is 1.66 bits per heavy atom. The Hall–Kier alpha value is -2.90. The van der Waals surface area contributed by atoms with Gasteiger partial charge in [-0.1, -0.05) is 54.6 Å². The molecule has 0 aliphatic rings. The number of pyridine rings is 1. The second-order valence-electron chi connectivity index (χ2n) is 6.60. The molecule has 0 saturated heterocycles. The molecular weight excluding hydrogens is 373 g/mol. The van der Waals surface area contributed by atoms with Gasteiger partial charge in [0, 0.05) is 34.7 Å².